The number of rotatable bonds is 67. The van der Waals surface area contributed by atoms with Gasteiger partial charge >= 0.3 is 19.8 Å². The van der Waals surface area contributed by atoms with Crippen LogP contribution in [-0.2, 0) is 32.7 Å². The van der Waals surface area contributed by atoms with Gasteiger partial charge in [0.05, 0.1) is 27.7 Å². The molecule has 83 heavy (non-hydrogen) atoms. The lowest BCUT2D eigenvalue weighted by atomic mass is 10.0. The highest BCUT2D eigenvalue weighted by Gasteiger charge is 2.27. The van der Waals surface area contributed by atoms with Gasteiger partial charge < -0.3 is 18.9 Å². The molecule has 0 rings (SSSR count). The third-order valence-electron chi connectivity index (χ3n) is 16.1. The van der Waals surface area contributed by atoms with Crippen LogP contribution in [0.1, 0.15) is 354 Å². The third-order valence-corrected chi connectivity index (χ3v) is 17.1. The maximum atomic E-state index is 12.9. The van der Waals surface area contributed by atoms with Crippen LogP contribution in [-0.4, -0.2) is 74.9 Å². The van der Waals surface area contributed by atoms with Gasteiger partial charge in [0.25, 0.3) is 0 Å². The number of unbranched alkanes of at least 4 members (excludes halogenated alkanes) is 45. The van der Waals surface area contributed by atoms with Crippen LogP contribution in [0.2, 0.25) is 0 Å². The van der Waals surface area contributed by atoms with E-state index in [0.717, 1.165) is 57.8 Å². The molecule has 0 aromatic rings. The molecule has 0 saturated carbocycles. The fourth-order valence-electron chi connectivity index (χ4n) is 10.7. The monoisotopic (exact) mass is 1190 g/mol. The second kappa shape index (κ2) is 64.4. The number of nitrogens with zero attached hydrogens (tertiary/aromatic N) is 1. The highest BCUT2D eigenvalue weighted by atomic mass is 31.2. The Morgan fingerprint density at radius 2 is 0.687 bits per heavy atom. The van der Waals surface area contributed by atoms with E-state index in [2.05, 4.69) is 62.5 Å². The van der Waals surface area contributed by atoms with Gasteiger partial charge in [-0.05, 0) is 51.4 Å². The van der Waals surface area contributed by atoms with Crippen LogP contribution < -0.4 is 0 Å². The first-order chi connectivity index (χ1) is 40.5. The first-order valence-electron chi connectivity index (χ1n) is 35.9. The average molecular weight is 1190 g/mol. The molecule has 2 atom stereocenters. The zero-order chi connectivity index (χ0) is 60.5. The molecule has 1 N–H and O–H groups in total. The molecule has 9 nitrogen and oxygen atoms in total. The van der Waals surface area contributed by atoms with Crippen LogP contribution in [0.4, 0.5) is 0 Å². The highest BCUT2D eigenvalue weighted by molar-refractivity contribution is 7.47. The molecule has 0 saturated heterocycles. The molecular weight excluding hydrogens is 1050 g/mol. The molecule has 0 amide bonds. The number of quaternary nitrogens is 1. The second-order valence-electron chi connectivity index (χ2n) is 25.6. The molecule has 0 spiro atoms. The topological polar surface area (TPSA) is 108 Å². The minimum absolute atomic E-state index is 0.0342. The van der Waals surface area contributed by atoms with Crippen LogP contribution >= 0.6 is 7.82 Å². The van der Waals surface area contributed by atoms with E-state index in [1.54, 1.807) is 0 Å². The van der Waals surface area contributed by atoms with Gasteiger partial charge in [0.15, 0.2) is 6.10 Å². The zero-order valence-corrected chi connectivity index (χ0v) is 56.6. The van der Waals surface area contributed by atoms with Gasteiger partial charge in [0.1, 0.15) is 19.8 Å². The lowest BCUT2D eigenvalue weighted by Gasteiger charge is -2.24. The van der Waals surface area contributed by atoms with Crippen LogP contribution in [0.25, 0.3) is 0 Å². The minimum atomic E-state index is -4.39. The van der Waals surface area contributed by atoms with E-state index in [-0.39, 0.29) is 25.6 Å². The molecular formula is C73H139NO8P+. The summed E-state index contributed by atoms with van der Waals surface area (Å²) in [5.41, 5.74) is 0. The Morgan fingerprint density at radius 3 is 1.02 bits per heavy atom. The van der Waals surface area contributed by atoms with E-state index in [4.69, 9.17) is 18.5 Å². The molecule has 0 aromatic heterocycles. The molecule has 0 aliphatic carbocycles. The molecule has 0 fully saturated rings. The third kappa shape index (κ3) is 68.9. The first kappa shape index (κ1) is 81.0. The summed E-state index contributed by atoms with van der Waals surface area (Å²) in [6.07, 6.45) is 83.7. The second-order valence-corrected chi connectivity index (χ2v) is 27.1. The highest BCUT2D eigenvalue weighted by Crippen LogP contribution is 2.43. The molecule has 0 aliphatic heterocycles. The number of esters is 2. The summed E-state index contributed by atoms with van der Waals surface area (Å²) in [7, 11) is 1.50. The van der Waals surface area contributed by atoms with Crippen molar-refractivity contribution in [2.75, 3.05) is 47.5 Å². The van der Waals surface area contributed by atoms with Crippen LogP contribution in [0.15, 0.2) is 48.6 Å². The van der Waals surface area contributed by atoms with Gasteiger partial charge in [-0.1, -0.05) is 339 Å². The Balaban J connectivity index is 3.98. The predicted molar refractivity (Wildman–Crippen MR) is 358 cm³/mol. The van der Waals surface area contributed by atoms with Crippen molar-refractivity contribution in [3.05, 3.63) is 48.6 Å². The fourth-order valence-corrected chi connectivity index (χ4v) is 11.4. The summed E-state index contributed by atoms with van der Waals surface area (Å²) >= 11 is 0. The molecule has 0 aliphatic rings. The number of ether oxygens (including phenoxy) is 2. The van der Waals surface area contributed by atoms with Gasteiger partial charge in [0, 0.05) is 12.8 Å². The van der Waals surface area contributed by atoms with Gasteiger partial charge in [-0.15, -0.1) is 0 Å². The summed E-state index contributed by atoms with van der Waals surface area (Å²) in [5, 5.41) is 0. The minimum Gasteiger partial charge on any atom is -0.462 e. The summed E-state index contributed by atoms with van der Waals surface area (Å²) in [5.74, 6) is -0.776. The number of allylic oxidation sites excluding steroid dienone is 8. The smallest absolute Gasteiger partial charge is 0.462 e. The summed E-state index contributed by atoms with van der Waals surface area (Å²) in [4.78, 5) is 35.9. The Hall–Kier alpha value is -2.03. The van der Waals surface area contributed by atoms with Crippen molar-refractivity contribution in [3.63, 3.8) is 0 Å². The lowest BCUT2D eigenvalue weighted by molar-refractivity contribution is -0.870. The van der Waals surface area contributed by atoms with Crippen molar-refractivity contribution in [1.29, 1.82) is 0 Å². The molecule has 0 radical (unpaired) electrons. The van der Waals surface area contributed by atoms with Crippen LogP contribution in [0.3, 0.4) is 0 Å². The van der Waals surface area contributed by atoms with Gasteiger partial charge in [0.2, 0.25) is 0 Å². The molecule has 10 heteroatoms. The van der Waals surface area contributed by atoms with E-state index in [1.807, 2.05) is 21.1 Å². The summed E-state index contributed by atoms with van der Waals surface area (Å²) in [6.45, 7) is 4.39. The van der Waals surface area contributed by atoms with Crippen molar-refractivity contribution in [2.24, 2.45) is 0 Å². The maximum absolute atomic E-state index is 12.9. The number of hydrogen-bond donors (Lipinski definition) is 1. The van der Waals surface area contributed by atoms with Crippen LogP contribution in [0, 0.1) is 0 Å². The summed E-state index contributed by atoms with van der Waals surface area (Å²) < 4.78 is 34.8. The quantitative estimate of drug-likeness (QED) is 0.0211. The van der Waals surface area contributed by atoms with Gasteiger partial charge in [-0.3, -0.25) is 18.6 Å². The fraction of sp³-hybridized carbons (Fsp3) is 0.863. The first-order valence-corrected chi connectivity index (χ1v) is 37.4. The largest absolute Gasteiger partial charge is 0.472 e. The summed E-state index contributed by atoms with van der Waals surface area (Å²) in [6, 6.07) is 0. The van der Waals surface area contributed by atoms with Crippen molar-refractivity contribution < 1.29 is 42.1 Å². The van der Waals surface area contributed by atoms with Crippen molar-refractivity contribution in [1.82, 2.24) is 0 Å². The Morgan fingerprint density at radius 1 is 0.386 bits per heavy atom. The van der Waals surface area contributed by atoms with Crippen LogP contribution in [0.5, 0.6) is 0 Å². The Labute approximate surface area is 515 Å². The van der Waals surface area contributed by atoms with Gasteiger partial charge in [-0.2, -0.15) is 0 Å². The normalized spacial score (nSPS) is 13.4. The number of carbonyl (C=O) groups excluding carboxylic acids is 2. The number of hydrogen-bond acceptors (Lipinski definition) is 7. The number of phosphoric ester groups is 1. The maximum Gasteiger partial charge on any atom is 0.472 e. The molecule has 2 unspecified atom stereocenters. The average Bonchev–Trinajstić information content (AvgIpc) is 3.49. The molecule has 488 valence electrons. The van der Waals surface area contributed by atoms with E-state index in [9.17, 15) is 19.0 Å². The van der Waals surface area contributed by atoms with E-state index in [0.29, 0.717) is 23.9 Å². The molecule has 0 bridgehead atoms. The van der Waals surface area contributed by atoms with E-state index < -0.39 is 26.5 Å². The standard InChI is InChI=1S/C73H138NO8P/c1-6-8-10-12-14-16-18-20-22-24-26-28-30-32-34-36-37-38-40-42-44-46-48-50-52-54-56-58-60-62-64-66-73(76)82-71(70-81-83(77,78)80-68-67-74(3,4)5)69-79-72(75)65-63-61-59-57-55-53-51-49-47-45-43-41-39-35-33-31-29-27-25-23-21-19-17-15-13-11-9-7-2/h8,10,14,16,20,22,26,28,71H,6-7,9,11-13,15,17-19,21,23-25,27,29-70H2,1-5H3/p+1/b10-8-,16-14-,22-20-,28-26-. The number of carbonyl (C=O) groups is 2. The van der Waals surface area contributed by atoms with Crippen molar-refractivity contribution in [2.45, 2.75) is 360 Å². The lowest BCUT2D eigenvalue weighted by Crippen LogP contribution is -2.37. The molecule has 0 heterocycles. The number of phosphoric acid groups is 1. The predicted octanol–water partition coefficient (Wildman–Crippen LogP) is 23.2. The van der Waals surface area contributed by atoms with Crippen molar-refractivity contribution in [3.8, 4) is 0 Å². The van der Waals surface area contributed by atoms with Crippen molar-refractivity contribution >= 4 is 19.8 Å². The van der Waals surface area contributed by atoms with Gasteiger partial charge in [-0.25, -0.2) is 4.57 Å². The van der Waals surface area contributed by atoms with E-state index in [1.165, 1.54) is 263 Å². The number of likely N-dealkylation sites (N-methyl/N-ethyl adjacent to an activating group) is 1. The Bertz CT molecular complexity index is 1540. The zero-order valence-electron chi connectivity index (χ0n) is 55.7. The van der Waals surface area contributed by atoms with E-state index >= 15 is 0 Å². The molecule has 0 aromatic carbocycles. The Kier molecular flexibility index (Phi) is 62.9. The SMILES string of the molecule is CC/C=C\C/C=C\C/C=C\C/C=C\CCCCCCCCCCCCCCCCCCCCC(=O)OC(COC(=O)CCCCCCCCCCCCCCCCCCCCCCCCCCCCCC)COP(=O)(O)OCC[N+](C)(C)C.